The van der Waals surface area contributed by atoms with Gasteiger partial charge in [0.1, 0.15) is 29.6 Å². The fraction of sp³-hybridized carbons (Fsp3) is 0.442. The minimum absolute atomic E-state index is 0. The van der Waals surface area contributed by atoms with E-state index in [4.69, 9.17) is 9.47 Å². The zero-order chi connectivity index (χ0) is 35.4. The van der Waals surface area contributed by atoms with Crippen LogP contribution in [0.4, 0.5) is 0 Å². The first-order valence-corrected chi connectivity index (χ1v) is 16.6. The average Bonchev–Trinajstić information content (AvgIpc) is 2.99. The van der Waals surface area contributed by atoms with Gasteiger partial charge in [0.25, 0.3) is 0 Å². The van der Waals surface area contributed by atoms with Gasteiger partial charge in [0.2, 0.25) is 0 Å². The Bertz CT molecular complexity index is 1490. The summed E-state index contributed by atoms with van der Waals surface area (Å²) in [4.78, 5) is 48.7. The van der Waals surface area contributed by atoms with Gasteiger partial charge in [-0.15, -0.1) is 0 Å². The molecule has 0 aliphatic carbocycles. The molecule has 0 fully saturated rings. The van der Waals surface area contributed by atoms with Crippen molar-refractivity contribution in [1.29, 1.82) is 0 Å². The van der Waals surface area contributed by atoms with Crippen LogP contribution in [0, 0.1) is 26.7 Å². The molecule has 280 valence electrons. The number of ether oxygens (including phenoxy) is 2. The van der Waals surface area contributed by atoms with Crippen LogP contribution in [-0.2, 0) is 19.1 Å². The van der Waals surface area contributed by atoms with E-state index < -0.39 is 18.2 Å². The van der Waals surface area contributed by atoms with Gasteiger partial charge < -0.3 is 19.7 Å². The van der Waals surface area contributed by atoms with Gasteiger partial charge in [0.15, 0.2) is 11.6 Å². The van der Waals surface area contributed by atoms with Gasteiger partial charge in [-0.2, -0.15) is 0 Å². The molecule has 0 bridgehead atoms. The summed E-state index contributed by atoms with van der Waals surface area (Å²) in [6, 6.07) is 7.31. The quantitative estimate of drug-likeness (QED) is 0.260. The topological polar surface area (TPSA) is 127 Å². The molecule has 8 heteroatoms. The minimum atomic E-state index is -1.04. The molecule has 0 aromatic heterocycles. The normalized spacial score (nSPS) is 22.6. The number of rotatable bonds is 0. The summed E-state index contributed by atoms with van der Waals surface area (Å²) in [6.45, 7) is 11.3. The summed E-state index contributed by atoms with van der Waals surface area (Å²) in [5, 5.41) is 20.0. The molecule has 0 saturated carbocycles. The van der Waals surface area contributed by atoms with Crippen molar-refractivity contribution in [3.05, 3.63) is 99.7 Å². The smallest absolute Gasteiger partial charge is 0.342 e. The maximum Gasteiger partial charge on any atom is 0.342 e. The van der Waals surface area contributed by atoms with Gasteiger partial charge in [-0.05, 0) is 101 Å². The lowest BCUT2D eigenvalue weighted by atomic mass is 9.96. The van der Waals surface area contributed by atoms with Crippen molar-refractivity contribution < 1.29 is 38.9 Å². The highest BCUT2D eigenvalue weighted by molar-refractivity contribution is 5.97. The second-order valence-electron chi connectivity index (χ2n) is 12.7. The molecule has 4 atom stereocenters. The summed E-state index contributed by atoms with van der Waals surface area (Å²) in [5.74, 6) is -1.24. The molecule has 2 aliphatic heterocycles. The van der Waals surface area contributed by atoms with E-state index in [-0.39, 0.29) is 63.2 Å². The van der Waals surface area contributed by atoms with Gasteiger partial charge in [0.05, 0.1) is 5.56 Å². The third-order valence-corrected chi connectivity index (χ3v) is 8.11. The molecular formula is C43H60O8. The minimum Gasteiger partial charge on any atom is -0.507 e. The average molecular weight is 705 g/mol. The second kappa shape index (κ2) is 22.3. The maximum atomic E-state index is 12.6. The van der Waals surface area contributed by atoms with Gasteiger partial charge in [-0.25, -0.2) is 9.59 Å². The Kier molecular flexibility index (Phi) is 20.3. The Morgan fingerprint density at radius 2 is 1.08 bits per heavy atom. The second-order valence-corrected chi connectivity index (χ2v) is 12.7. The lowest BCUT2D eigenvalue weighted by Crippen LogP contribution is -2.18. The zero-order valence-electron chi connectivity index (χ0n) is 28.8. The van der Waals surface area contributed by atoms with Crippen molar-refractivity contribution in [3.63, 3.8) is 0 Å². The number of carbonyl (C=O) groups is 4. The lowest BCUT2D eigenvalue weighted by Gasteiger charge is -2.16. The van der Waals surface area contributed by atoms with Crippen LogP contribution in [0.15, 0.2) is 60.7 Å². The number of benzene rings is 2. The summed E-state index contributed by atoms with van der Waals surface area (Å²) < 4.78 is 10.9. The number of aryl methyl sites for hydroxylation is 3. The molecule has 2 aromatic carbocycles. The highest BCUT2D eigenvalue weighted by Gasteiger charge is 2.21. The van der Waals surface area contributed by atoms with Crippen molar-refractivity contribution in [2.45, 2.75) is 121 Å². The number of aromatic hydroxyl groups is 1. The van der Waals surface area contributed by atoms with Crippen molar-refractivity contribution in [2.24, 2.45) is 5.92 Å². The summed E-state index contributed by atoms with van der Waals surface area (Å²) in [7, 11) is 0. The highest BCUT2D eigenvalue weighted by Crippen LogP contribution is 2.27. The summed E-state index contributed by atoms with van der Waals surface area (Å²) in [5.41, 5.74) is 5.06. The van der Waals surface area contributed by atoms with E-state index >= 15 is 0 Å². The van der Waals surface area contributed by atoms with Crippen molar-refractivity contribution in [2.75, 3.05) is 0 Å². The number of ketones is 2. The molecule has 4 rings (SSSR count). The molecule has 0 amide bonds. The number of allylic oxidation sites excluding steroid dienone is 3. The summed E-state index contributed by atoms with van der Waals surface area (Å²) >= 11 is 0. The number of cyclic esters (lactones) is 2. The maximum absolute atomic E-state index is 12.6. The van der Waals surface area contributed by atoms with E-state index in [0.717, 1.165) is 35.1 Å². The number of hydrogen-bond donors (Lipinski definition) is 2. The Balaban J connectivity index is 0.000000926. The standard InChI is InChI=1S/C21H26O3.C19H22O5.3CH4/c1-14-12-16(3)20-18(13-14)10-6-5-8-15(2)19(22)11-7-9-17(4)24-21(20)23;1-12-10-14-7-3-4-8-15(20)16(21)9-5-6-13(2)24-19(23)18(14)17(22)11-12;;;/h6-7,10-13,15,17H,5,8-9H2,1-4H3;3,5,7,9-11,13,15,20,22H,4,6,8H2,1-2H3;3*1H4/b10-6?,11-7-;7-3?,9-5-;;;/t15-,17-;13-,15-;;;/m00.../s1. The van der Waals surface area contributed by atoms with Crippen molar-refractivity contribution in [1.82, 2.24) is 0 Å². The first-order valence-electron chi connectivity index (χ1n) is 16.6. The molecule has 2 aliphatic rings. The lowest BCUT2D eigenvalue weighted by molar-refractivity contribution is -0.122. The third kappa shape index (κ3) is 14.3. The van der Waals surface area contributed by atoms with E-state index in [9.17, 15) is 29.4 Å². The number of phenols is 1. The molecule has 0 spiro atoms. The largest absolute Gasteiger partial charge is 0.507 e. The van der Waals surface area contributed by atoms with E-state index in [1.54, 1.807) is 43.4 Å². The fourth-order valence-corrected chi connectivity index (χ4v) is 5.47. The number of aliphatic hydroxyl groups excluding tert-OH is 1. The van der Waals surface area contributed by atoms with Crippen molar-refractivity contribution >= 4 is 35.7 Å². The van der Waals surface area contributed by atoms with E-state index in [2.05, 4.69) is 0 Å². The number of phenolic OH excluding ortho intramolecular Hbond substituents is 1. The van der Waals surface area contributed by atoms with Crippen LogP contribution < -0.4 is 0 Å². The van der Waals surface area contributed by atoms with Crippen LogP contribution in [0.2, 0.25) is 0 Å². The van der Waals surface area contributed by atoms with Gasteiger partial charge in [0, 0.05) is 18.8 Å². The summed E-state index contributed by atoms with van der Waals surface area (Å²) in [6.07, 6.45) is 15.3. The monoisotopic (exact) mass is 704 g/mol. The predicted octanol–water partition coefficient (Wildman–Crippen LogP) is 9.64. The molecule has 2 N–H and O–H groups in total. The van der Waals surface area contributed by atoms with Gasteiger partial charge in [-0.1, -0.05) is 89.4 Å². The highest BCUT2D eigenvalue weighted by atomic mass is 16.5. The third-order valence-electron chi connectivity index (χ3n) is 8.11. The number of esters is 2. The van der Waals surface area contributed by atoms with Gasteiger partial charge in [-0.3, -0.25) is 9.59 Å². The Labute approximate surface area is 306 Å². The van der Waals surface area contributed by atoms with Crippen LogP contribution in [0.5, 0.6) is 5.75 Å². The molecule has 2 heterocycles. The number of aliphatic hydroxyl groups is 1. The van der Waals surface area contributed by atoms with E-state index in [1.165, 1.54) is 12.1 Å². The molecule has 2 aromatic rings. The number of carbonyl (C=O) groups excluding carboxylic acids is 4. The first-order chi connectivity index (χ1) is 22.8. The predicted molar refractivity (Wildman–Crippen MR) is 208 cm³/mol. The first kappa shape index (κ1) is 46.4. The molecule has 0 radical (unpaired) electrons. The van der Waals surface area contributed by atoms with E-state index in [1.807, 2.05) is 58.9 Å². The van der Waals surface area contributed by atoms with Crippen LogP contribution in [0.25, 0.3) is 12.2 Å². The number of fused-ring (bicyclic) bond motifs is 2. The van der Waals surface area contributed by atoms with Crippen LogP contribution in [-0.4, -0.2) is 52.0 Å². The van der Waals surface area contributed by atoms with Crippen LogP contribution >= 0.6 is 0 Å². The van der Waals surface area contributed by atoms with Crippen LogP contribution in [0.3, 0.4) is 0 Å². The molecule has 0 saturated heterocycles. The van der Waals surface area contributed by atoms with Crippen molar-refractivity contribution in [3.8, 4) is 5.75 Å². The Morgan fingerprint density at radius 1 is 0.608 bits per heavy atom. The number of hydrogen-bond acceptors (Lipinski definition) is 8. The fourth-order valence-electron chi connectivity index (χ4n) is 5.47. The van der Waals surface area contributed by atoms with Crippen LogP contribution in [0.1, 0.15) is 130 Å². The molecule has 51 heavy (non-hydrogen) atoms. The Hall–Kier alpha value is -4.56. The van der Waals surface area contributed by atoms with E-state index in [0.29, 0.717) is 36.8 Å². The molecular weight excluding hydrogens is 644 g/mol. The zero-order valence-corrected chi connectivity index (χ0v) is 28.8. The molecule has 0 unspecified atom stereocenters. The molecule has 8 nitrogen and oxygen atoms in total. The van der Waals surface area contributed by atoms with Gasteiger partial charge >= 0.3 is 11.9 Å². The SMILES string of the molecule is C.C.C.Cc1cc(C)c2c(c1)C=CCC[C@H](C)C(=O)/C=C\C[C@H](C)OC2=O.Cc1cc(O)c2c(c1)C=CCC[C@H](O)C(=O)/C=C\C[C@H](C)OC2=O. The Morgan fingerprint density at radius 3 is 1.65 bits per heavy atom.